The molecule has 0 atom stereocenters. The van der Waals surface area contributed by atoms with Crippen molar-refractivity contribution in [3.63, 3.8) is 0 Å². The number of carbonyl (C=O) groups is 2. The van der Waals surface area contributed by atoms with E-state index >= 15 is 0 Å². The normalized spacial score (nSPS) is 9.95. The Hall–Kier alpha value is -2.09. The summed E-state index contributed by atoms with van der Waals surface area (Å²) in [5, 5.41) is 2.82. The molecule has 2 aromatic rings. The van der Waals surface area contributed by atoms with Crippen molar-refractivity contribution in [2.24, 2.45) is 0 Å². The number of nitrogens with zero attached hydrogens (tertiary/aromatic N) is 1. The van der Waals surface area contributed by atoms with Gasteiger partial charge in [-0.2, -0.15) is 0 Å². The van der Waals surface area contributed by atoms with Crippen LogP contribution in [0.4, 0.5) is 16.2 Å². The average molecular weight is 410 g/mol. The van der Waals surface area contributed by atoms with Crippen LogP contribution in [0.25, 0.3) is 0 Å². The lowest BCUT2D eigenvalue weighted by molar-refractivity contribution is 0.102. The lowest BCUT2D eigenvalue weighted by Gasteiger charge is -2.16. The molecule has 0 fully saturated rings. The first kappa shape index (κ1) is 16.3. The zero-order valence-electron chi connectivity index (χ0n) is 12.2. The summed E-state index contributed by atoms with van der Waals surface area (Å²) < 4.78 is 5.65. The van der Waals surface area contributed by atoms with Crippen LogP contribution in [0.1, 0.15) is 10.4 Å². The van der Waals surface area contributed by atoms with E-state index in [0.29, 0.717) is 16.9 Å². The van der Waals surface area contributed by atoms with Crippen molar-refractivity contribution in [1.82, 2.24) is 0 Å². The van der Waals surface area contributed by atoms with Gasteiger partial charge in [0.15, 0.2) is 0 Å². The Morgan fingerprint density at radius 3 is 2.41 bits per heavy atom. The van der Waals surface area contributed by atoms with Gasteiger partial charge < -0.3 is 10.1 Å². The molecule has 6 heteroatoms. The minimum absolute atomic E-state index is 0.174. The number of hydrogen-bond donors (Lipinski definition) is 1. The first-order valence-electron chi connectivity index (χ1n) is 6.50. The van der Waals surface area contributed by atoms with Crippen LogP contribution in [0.5, 0.6) is 0 Å². The average Bonchev–Trinajstić information content (AvgIpc) is 2.54. The number of methoxy groups -OCH3 is 1. The monoisotopic (exact) mass is 410 g/mol. The summed E-state index contributed by atoms with van der Waals surface area (Å²) in [6.45, 7) is 0. The molecule has 22 heavy (non-hydrogen) atoms. The number of halogens is 1. The standard InChI is InChI=1S/C16H15IN2O3/c1-19(16(21)22-2)14-8-6-13(7-9-14)18-15(20)11-4-3-5-12(17)10-11/h3-10H,1-2H3,(H,18,20). The molecule has 2 amide bonds. The van der Waals surface area contributed by atoms with E-state index in [2.05, 4.69) is 32.6 Å². The molecule has 0 heterocycles. The number of benzene rings is 2. The number of carbonyl (C=O) groups excluding carboxylic acids is 2. The van der Waals surface area contributed by atoms with Crippen LogP contribution < -0.4 is 10.2 Å². The van der Waals surface area contributed by atoms with Gasteiger partial charge in [0.2, 0.25) is 0 Å². The van der Waals surface area contributed by atoms with Gasteiger partial charge in [0.25, 0.3) is 5.91 Å². The first-order chi connectivity index (χ1) is 10.5. The summed E-state index contributed by atoms with van der Waals surface area (Å²) in [6.07, 6.45) is -0.448. The molecule has 114 valence electrons. The third kappa shape index (κ3) is 3.97. The van der Waals surface area contributed by atoms with Crippen molar-refractivity contribution in [3.8, 4) is 0 Å². The van der Waals surface area contributed by atoms with Crippen LogP contribution in [0.15, 0.2) is 48.5 Å². The second-order valence-corrected chi connectivity index (χ2v) is 5.79. The van der Waals surface area contributed by atoms with E-state index in [9.17, 15) is 9.59 Å². The number of rotatable bonds is 3. The van der Waals surface area contributed by atoms with Gasteiger partial charge in [-0.05, 0) is 65.1 Å². The predicted octanol–water partition coefficient (Wildman–Crippen LogP) is 3.75. The highest BCUT2D eigenvalue weighted by Gasteiger charge is 2.11. The minimum Gasteiger partial charge on any atom is -0.452 e. The fraction of sp³-hybridized carbons (Fsp3) is 0.125. The van der Waals surface area contributed by atoms with Crippen molar-refractivity contribution < 1.29 is 14.3 Å². The van der Waals surface area contributed by atoms with Gasteiger partial charge in [-0.3, -0.25) is 9.69 Å². The van der Waals surface area contributed by atoms with Crippen LogP contribution in [-0.2, 0) is 4.74 Å². The number of amides is 2. The highest BCUT2D eigenvalue weighted by molar-refractivity contribution is 14.1. The van der Waals surface area contributed by atoms with Crippen molar-refractivity contribution in [1.29, 1.82) is 0 Å². The van der Waals surface area contributed by atoms with E-state index in [4.69, 9.17) is 0 Å². The molecule has 0 aromatic heterocycles. The SMILES string of the molecule is COC(=O)N(C)c1ccc(NC(=O)c2cccc(I)c2)cc1. The molecule has 2 rings (SSSR count). The smallest absolute Gasteiger partial charge is 0.413 e. The molecule has 0 aliphatic carbocycles. The van der Waals surface area contributed by atoms with E-state index < -0.39 is 6.09 Å². The Kier molecular flexibility index (Phi) is 5.37. The lowest BCUT2D eigenvalue weighted by atomic mass is 10.2. The van der Waals surface area contributed by atoms with Crippen LogP contribution in [-0.4, -0.2) is 26.2 Å². The highest BCUT2D eigenvalue weighted by Crippen LogP contribution is 2.18. The zero-order valence-corrected chi connectivity index (χ0v) is 14.3. The summed E-state index contributed by atoms with van der Waals surface area (Å²) in [4.78, 5) is 24.9. The maximum absolute atomic E-state index is 12.1. The Morgan fingerprint density at radius 1 is 1.14 bits per heavy atom. The highest BCUT2D eigenvalue weighted by atomic mass is 127. The Balaban J connectivity index is 2.08. The van der Waals surface area contributed by atoms with Gasteiger partial charge in [-0.25, -0.2) is 4.79 Å². The van der Waals surface area contributed by atoms with E-state index in [1.807, 2.05) is 18.2 Å². The predicted molar refractivity (Wildman–Crippen MR) is 94.4 cm³/mol. The third-order valence-corrected chi connectivity index (χ3v) is 3.72. The maximum atomic E-state index is 12.1. The summed E-state index contributed by atoms with van der Waals surface area (Å²) >= 11 is 2.16. The molecular weight excluding hydrogens is 395 g/mol. The summed E-state index contributed by atoms with van der Waals surface area (Å²) in [6, 6.07) is 14.3. The minimum atomic E-state index is -0.448. The summed E-state index contributed by atoms with van der Waals surface area (Å²) in [7, 11) is 2.94. The second-order valence-electron chi connectivity index (χ2n) is 4.54. The van der Waals surface area contributed by atoms with Gasteiger partial charge in [-0.1, -0.05) is 6.07 Å². The maximum Gasteiger partial charge on any atom is 0.413 e. The summed E-state index contributed by atoms with van der Waals surface area (Å²) in [5.74, 6) is -0.174. The zero-order chi connectivity index (χ0) is 16.1. The number of nitrogens with one attached hydrogen (secondary N) is 1. The Bertz CT molecular complexity index is 686. The molecule has 0 aliphatic heterocycles. The molecule has 5 nitrogen and oxygen atoms in total. The topological polar surface area (TPSA) is 58.6 Å². The Morgan fingerprint density at radius 2 is 1.82 bits per heavy atom. The lowest BCUT2D eigenvalue weighted by Crippen LogP contribution is -2.25. The number of ether oxygens (including phenoxy) is 1. The molecule has 0 unspecified atom stereocenters. The fourth-order valence-corrected chi connectivity index (χ4v) is 2.39. The Labute approximate surface area is 142 Å². The quantitative estimate of drug-likeness (QED) is 0.785. The molecule has 1 N–H and O–H groups in total. The number of hydrogen-bond acceptors (Lipinski definition) is 3. The molecule has 0 radical (unpaired) electrons. The van der Waals surface area contributed by atoms with Crippen molar-refractivity contribution in [2.75, 3.05) is 24.4 Å². The molecule has 0 saturated carbocycles. The molecule has 2 aromatic carbocycles. The molecule has 0 bridgehead atoms. The molecule has 0 aliphatic rings. The van der Waals surface area contributed by atoms with Gasteiger partial charge >= 0.3 is 6.09 Å². The van der Waals surface area contributed by atoms with E-state index in [1.165, 1.54) is 12.0 Å². The van der Waals surface area contributed by atoms with Crippen LogP contribution in [0.3, 0.4) is 0 Å². The second kappa shape index (κ2) is 7.26. The third-order valence-electron chi connectivity index (χ3n) is 3.05. The van der Waals surface area contributed by atoms with Crippen molar-refractivity contribution in [2.45, 2.75) is 0 Å². The number of anilines is 2. The van der Waals surface area contributed by atoms with Crippen LogP contribution in [0, 0.1) is 3.57 Å². The molecule has 0 spiro atoms. The van der Waals surface area contributed by atoms with Crippen LogP contribution in [0.2, 0.25) is 0 Å². The van der Waals surface area contributed by atoms with Gasteiger partial charge in [0.1, 0.15) is 0 Å². The largest absolute Gasteiger partial charge is 0.452 e. The molecule has 0 saturated heterocycles. The van der Waals surface area contributed by atoms with E-state index in [0.717, 1.165) is 3.57 Å². The van der Waals surface area contributed by atoms with Crippen molar-refractivity contribution >= 4 is 46.0 Å². The fourth-order valence-electron chi connectivity index (χ4n) is 1.84. The first-order valence-corrected chi connectivity index (χ1v) is 7.58. The van der Waals surface area contributed by atoms with Crippen LogP contribution >= 0.6 is 22.6 Å². The van der Waals surface area contributed by atoms with E-state index in [-0.39, 0.29) is 5.91 Å². The van der Waals surface area contributed by atoms with Gasteiger partial charge in [0.05, 0.1) is 7.11 Å². The molecular formula is C16H15IN2O3. The summed E-state index contributed by atoms with van der Waals surface area (Å²) in [5.41, 5.74) is 1.94. The van der Waals surface area contributed by atoms with Crippen molar-refractivity contribution in [3.05, 3.63) is 57.7 Å². The van der Waals surface area contributed by atoms with Gasteiger partial charge in [0, 0.05) is 27.6 Å². The van der Waals surface area contributed by atoms with Gasteiger partial charge in [-0.15, -0.1) is 0 Å². The van der Waals surface area contributed by atoms with E-state index in [1.54, 1.807) is 37.4 Å².